The average molecular weight is 290 g/mol. The predicted molar refractivity (Wildman–Crippen MR) is 79.1 cm³/mol. The minimum atomic E-state index is -0.266. The van der Waals surface area contributed by atoms with Crippen molar-refractivity contribution in [3.8, 4) is 0 Å². The molecule has 0 spiro atoms. The first-order valence-electron chi connectivity index (χ1n) is 6.30. The van der Waals surface area contributed by atoms with E-state index < -0.39 is 0 Å². The Bertz CT molecular complexity index is 762. The molecule has 0 saturated carbocycles. The number of furan rings is 1. The monoisotopic (exact) mass is 290 g/mol. The van der Waals surface area contributed by atoms with Crippen molar-refractivity contribution >= 4 is 22.3 Å². The standard InChI is InChI=1S/C15H15FN2OS/c1-8-5-6-20-15(8)13(18-17)14-9(2)11-7-10(16)3-4-12(11)19-14/h3-7,13,18H,17H2,1-2H3. The third-order valence-electron chi connectivity index (χ3n) is 3.53. The lowest BCUT2D eigenvalue weighted by Crippen LogP contribution is -2.28. The molecule has 3 rings (SSSR count). The van der Waals surface area contributed by atoms with Crippen molar-refractivity contribution in [2.75, 3.05) is 0 Å². The van der Waals surface area contributed by atoms with Crippen LogP contribution < -0.4 is 11.3 Å². The Kier molecular flexibility index (Phi) is 3.33. The average Bonchev–Trinajstić information content (AvgIpc) is 2.98. The quantitative estimate of drug-likeness (QED) is 0.570. The largest absolute Gasteiger partial charge is 0.459 e. The molecule has 1 unspecified atom stereocenters. The molecule has 20 heavy (non-hydrogen) atoms. The van der Waals surface area contributed by atoms with E-state index in [0.717, 1.165) is 27.2 Å². The summed E-state index contributed by atoms with van der Waals surface area (Å²) in [6.07, 6.45) is 0. The molecule has 2 aromatic heterocycles. The fourth-order valence-corrected chi connectivity index (χ4v) is 3.42. The first-order chi connectivity index (χ1) is 9.61. The molecule has 1 atom stereocenters. The summed E-state index contributed by atoms with van der Waals surface area (Å²) < 4.78 is 19.2. The molecule has 2 heterocycles. The lowest BCUT2D eigenvalue weighted by atomic mass is 10.1. The van der Waals surface area contributed by atoms with Crippen molar-refractivity contribution in [2.24, 2.45) is 5.84 Å². The number of rotatable bonds is 3. The second-order valence-electron chi connectivity index (χ2n) is 4.80. The number of aryl methyl sites for hydroxylation is 2. The molecule has 0 fully saturated rings. The Balaban J connectivity index is 2.18. The molecule has 0 saturated heterocycles. The number of fused-ring (bicyclic) bond motifs is 1. The summed E-state index contributed by atoms with van der Waals surface area (Å²) >= 11 is 1.62. The minimum Gasteiger partial charge on any atom is -0.459 e. The summed E-state index contributed by atoms with van der Waals surface area (Å²) in [6.45, 7) is 3.96. The van der Waals surface area contributed by atoms with Gasteiger partial charge in [-0.05, 0) is 49.1 Å². The number of thiophene rings is 1. The SMILES string of the molecule is Cc1ccsc1C(NN)c1oc2ccc(F)cc2c1C. The predicted octanol–water partition coefficient (Wildman–Crippen LogP) is 3.80. The molecule has 0 bridgehead atoms. The fraction of sp³-hybridized carbons (Fsp3) is 0.200. The normalized spacial score (nSPS) is 13.0. The van der Waals surface area contributed by atoms with Crippen LogP contribution in [0.3, 0.4) is 0 Å². The molecule has 0 amide bonds. The number of hydrogen-bond acceptors (Lipinski definition) is 4. The highest BCUT2D eigenvalue weighted by Crippen LogP contribution is 2.35. The number of halogens is 1. The molecule has 0 radical (unpaired) electrons. The molecule has 3 N–H and O–H groups in total. The summed E-state index contributed by atoms with van der Waals surface area (Å²) in [5, 5.41) is 2.81. The highest BCUT2D eigenvalue weighted by atomic mass is 32.1. The van der Waals surface area contributed by atoms with Gasteiger partial charge in [-0.3, -0.25) is 5.84 Å². The zero-order valence-electron chi connectivity index (χ0n) is 11.2. The minimum absolute atomic E-state index is 0.217. The number of benzene rings is 1. The highest BCUT2D eigenvalue weighted by molar-refractivity contribution is 7.10. The van der Waals surface area contributed by atoms with Crippen LogP contribution in [-0.2, 0) is 0 Å². The Morgan fingerprint density at radius 2 is 2.10 bits per heavy atom. The number of nitrogens with two attached hydrogens (primary N) is 1. The van der Waals surface area contributed by atoms with Crippen LogP contribution in [0.1, 0.15) is 27.8 Å². The van der Waals surface area contributed by atoms with Gasteiger partial charge in [0.1, 0.15) is 23.2 Å². The van der Waals surface area contributed by atoms with Crippen LogP contribution >= 0.6 is 11.3 Å². The zero-order valence-corrected chi connectivity index (χ0v) is 12.1. The van der Waals surface area contributed by atoms with Crippen LogP contribution in [0, 0.1) is 19.7 Å². The maximum Gasteiger partial charge on any atom is 0.134 e. The molecule has 104 valence electrons. The Morgan fingerprint density at radius 1 is 1.30 bits per heavy atom. The molecule has 3 nitrogen and oxygen atoms in total. The van der Waals surface area contributed by atoms with Gasteiger partial charge in [0, 0.05) is 15.8 Å². The molecular weight excluding hydrogens is 275 g/mol. The van der Waals surface area contributed by atoms with Crippen molar-refractivity contribution < 1.29 is 8.81 Å². The Morgan fingerprint density at radius 3 is 2.75 bits per heavy atom. The van der Waals surface area contributed by atoms with E-state index in [9.17, 15) is 4.39 Å². The lowest BCUT2D eigenvalue weighted by Gasteiger charge is -2.14. The third-order valence-corrected chi connectivity index (χ3v) is 4.61. The summed E-state index contributed by atoms with van der Waals surface area (Å²) in [5.74, 6) is 6.18. The summed E-state index contributed by atoms with van der Waals surface area (Å²) in [7, 11) is 0. The van der Waals surface area contributed by atoms with Gasteiger partial charge in [-0.2, -0.15) is 0 Å². The van der Waals surface area contributed by atoms with Crippen molar-refractivity contribution in [3.05, 3.63) is 57.2 Å². The van der Waals surface area contributed by atoms with E-state index in [-0.39, 0.29) is 11.9 Å². The molecule has 5 heteroatoms. The first kappa shape index (κ1) is 13.3. The fourth-order valence-electron chi connectivity index (χ4n) is 2.44. The van der Waals surface area contributed by atoms with Gasteiger partial charge in [-0.1, -0.05) is 0 Å². The van der Waals surface area contributed by atoms with E-state index in [1.807, 2.05) is 25.3 Å². The van der Waals surface area contributed by atoms with Gasteiger partial charge in [-0.25, -0.2) is 9.82 Å². The van der Waals surface area contributed by atoms with Gasteiger partial charge in [0.05, 0.1) is 0 Å². The van der Waals surface area contributed by atoms with Gasteiger partial charge in [-0.15, -0.1) is 11.3 Å². The van der Waals surface area contributed by atoms with Crippen LogP contribution in [0.4, 0.5) is 4.39 Å². The molecular formula is C15H15FN2OS. The van der Waals surface area contributed by atoms with E-state index >= 15 is 0 Å². The Labute approximate surface area is 120 Å². The molecule has 0 aliphatic carbocycles. The zero-order chi connectivity index (χ0) is 14.3. The maximum absolute atomic E-state index is 13.4. The Hall–Kier alpha value is -1.69. The van der Waals surface area contributed by atoms with Crippen LogP contribution in [0.5, 0.6) is 0 Å². The third kappa shape index (κ3) is 2.04. The van der Waals surface area contributed by atoms with Gasteiger partial charge < -0.3 is 4.42 Å². The van der Waals surface area contributed by atoms with Crippen molar-refractivity contribution in [1.82, 2.24) is 5.43 Å². The van der Waals surface area contributed by atoms with Crippen molar-refractivity contribution in [1.29, 1.82) is 0 Å². The van der Waals surface area contributed by atoms with Gasteiger partial charge >= 0.3 is 0 Å². The number of hydrazine groups is 1. The molecule has 0 aliphatic rings. The van der Waals surface area contributed by atoms with Crippen LogP contribution in [0.25, 0.3) is 11.0 Å². The number of hydrogen-bond donors (Lipinski definition) is 2. The summed E-state index contributed by atoms with van der Waals surface area (Å²) in [6, 6.07) is 6.37. The first-order valence-corrected chi connectivity index (χ1v) is 7.18. The van der Waals surface area contributed by atoms with E-state index in [4.69, 9.17) is 10.3 Å². The smallest absolute Gasteiger partial charge is 0.134 e. The van der Waals surface area contributed by atoms with Gasteiger partial charge in [0.2, 0.25) is 0 Å². The van der Waals surface area contributed by atoms with Crippen LogP contribution in [-0.4, -0.2) is 0 Å². The van der Waals surface area contributed by atoms with Gasteiger partial charge in [0.25, 0.3) is 0 Å². The van der Waals surface area contributed by atoms with Crippen molar-refractivity contribution in [3.63, 3.8) is 0 Å². The second kappa shape index (κ2) is 5.01. The van der Waals surface area contributed by atoms with Crippen LogP contribution in [0.15, 0.2) is 34.1 Å². The highest BCUT2D eigenvalue weighted by Gasteiger charge is 2.23. The molecule has 0 aliphatic heterocycles. The lowest BCUT2D eigenvalue weighted by molar-refractivity contribution is 0.476. The van der Waals surface area contributed by atoms with Crippen LogP contribution in [0.2, 0.25) is 0 Å². The second-order valence-corrected chi connectivity index (χ2v) is 5.75. The van der Waals surface area contributed by atoms with E-state index in [1.165, 1.54) is 12.1 Å². The number of nitrogens with one attached hydrogen (secondary N) is 1. The maximum atomic E-state index is 13.4. The summed E-state index contributed by atoms with van der Waals surface area (Å²) in [4.78, 5) is 1.11. The topological polar surface area (TPSA) is 51.2 Å². The van der Waals surface area contributed by atoms with E-state index in [1.54, 1.807) is 17.4 Å². The molecule has 3 aromatic rings. The molecule has 1 aromatic carbocycles. The van der Waals surface area contributed by atoms with E-state index in [2.05, 4.69) is 5.43 Å². The van der Waals surface area contributed by atoms with Gasteiger partial charge in [0.15, 0.2) is 0 Å². The van der Waals surface area contributed by atoms with Crippen molar-refractivity contribution in [2.45, 2.75) is 19.9 Å². The van der Waals surface area contributed by atoms with E-state index in [0.29, 0.717) is 5.58 Å². The summed E-state index contributed by atoms with van der Waals surface area (Å²) in [5.41, 5.74) is 5.54.